The summed E-state index contributed by atoms with van der Waals surface area (Å²) in [7, 11) is 0. The van der Waals surface area contributed by atoms with Crippen LogP contribution in [0.25, 0.3) is 6.08 Å². The summed E-state index contributed by atoms with van der Waals surface area (Å²) < 4.78 is 14.1. The van der Waals surface area contributed by atoms with E-state index in [1.54, 1.807) is 24.3 Å². The number of carbonyl (C=O) groups is 1. The summed E-state index contributed by atoms with van der Waals surface area (Å²) in [6, 6.07) is 6.30. The average Bonchev–Trinajstić information content (AvgIpc) is 2.70. The molecule has 92 valence electrons. The van der Waals surface area contributed by atoms with Crippen LogP contribution in [0.2, 0.25) is 0 Å². The third-order valence-corrected chi connectivity index (χ3v) is 4.13. The molecule has 0 aliphatic carbocycles. The molecule has 1 aromatic rings. The van der Waals surface area contributed by atoms with E-state index >= 15 is 0 Å². The molecule has 0 saturated heterocycles. The molecule has 2 rings (SSSR count). The maximum absolute atomic E-state index is 13.4. The first-order chi connectivity index (χ1) is 8.70. The van der Waals surface area contributed by atoms with Crippen LogP contribution in [0.5, 0.6) is 0 Å². The molecule has 18 heavy (non-hydrogen) atoms. The Morgan fingerprint density at radius 3 is 2.94 bits per heavy atom. The van der Waals surface area contributed by atoms with Gasteiger partial charge in [0, 0.05) is 11.3 Å². The highest BCUT2D eigenvalue weighted by Crippen LogP contribution is 2.31. The average molecular weight is 279 g/mol. The van der Waals surface area contributed by atoms with Gasteiger partial charge in [-0.3, -0.25) is 4.79 Å². The second-order valence-corrected chi connectivity index (χ2v) is 5.65. The maximum atomic E-state index is 13.4. The molecular formula is C13H10FNOS2. The van der Waals surface area contributed by atoms with E-state index in [4.69, 9.17) is 0 Å². The fourth-order valence-corrected chi connectivity index (χ4v) is 2.92. The molecule has 0 saturated carbocycles. The first kappa shape index (κ1) is 13.1. The van der Waals surface area contributed by atoms with Crippen LogP contribution in [0.3, 0.4) is 0 Å². The number of aliphatic imine (C=N–C) groups is 1. The van der Waals surface area contributed by atoms with E-state index < -0.39 is 0 Å². The maximum Gasteiger partial charge on any atom is 0.244 e. The van der Waals surface area contributed by atoms with Crippen molar-refractivity contribution in [3.63, 3.8) is 0 Å². The number of benzene rings is 1. The van der Waals surface area contributed by atoms with Gasteiger partial charge in [-0.25, -0.2) is 9.38 Å². The minimum Gasteiger partial charge on any atom is -0.279 e. The highest BCUT2D eigenvalue weighted by molar-refractivity contribution is 8.45. The van der Waals surface area contributed by atoms with E-state index in [0.29, 0.717) is 15.7 Å². The summed E-state index contributed by atoms with van der Waals surface area (Å²) >= 11 is 2.52. The van der Waals surface area contributed by atoms with Gasteiger partial charge in [0.25, 0.3) is 0 Å². The number of rotatable bonds is 3. The SMILES string of the molecule is C=CCSC1=N/C(=C\c2ccccc2F)C(=O)S1. The molecule has 0 amide bonds. The van der Waals surface area contributed by atoms with Crippen LogP contribution in [0, 0.1) is 5.82 Å². The van der Waals surface area contributed by atoms with Crippen LogP contribution in [0.15, 0.2) is 47.6 Å². The van der Waals surface area contributed by atoms with Crippen LogP contribution >= 0.6 is 23.5 Å². The molecule has 0 atom stereocenters. The molecule has 0 unspecified atom stereocenters. The largest absolute Gasteiger partial charge is 0.279 e. The van der Waals surface area contributed by atoms with Gasteiger partial charge in [0.1, 0.15) is 15.9 Å². The van der Waals surface area contributed by atoms with Crippen molar-refractivity contribution in [1.82, 2.24) is 0 Å². The number of halogens is 1. The van der Waals surface area contributed by atoms with Gasteiger partial charge in [-0.1, -0.05) is 36.0 Å². The molecule has 0 bridgehead atoms. The lowest BCUT2D eigenvalue weighted by Crippen LogP contribution is -1.89. The van der Waals surface area contributed by atoms with Crippen LogP contribution in [0.1, 0.15) is 5.56 Å². The molecule has 1 aliphatic rings. The lowest BCUT2D eigenvalue weighted by atomic mass is 10.2. The lowest BCUT2D eigenvalue weighted by molar-refractivity contribution is -0.107. The third kappa shape index (κ3) is 3.11. The number of thioether (sulfide) groups is 2. The van der Waals surface area contributed by atoms with Gasteiger partial charge < -0.3 is 0 Å². The van der Waals surface area contributed by atoms with Crippen LogP contribution in [-0.2, 0) is 4.79 Å². The van der Waals surface area contributed by atoms with E-state index in [1.807, 2.05) is 0 Å². The van der Waals surface area contributed by atoms with Gasteiger partial charge in [0.2, 0.25) is 5.12 Å². The molecule has 5 heteroatoms. The highest BCUT2D eigenvalue weighted by atomic mass is 32.2. The van der Waals surface area contributed by atoms with E-state index in [9.17, 15) is 9.18 Å². The number of hydrogen-bond acceptors (Lipinski definition) is 4. The Kier molecular flexibility index (Phi) is 4.38. The van der Waals surface area contributed by atoms with Crippen LogP contribution < -0.4 is 0 Å². The number of hydrogen-bond donors (Lipinski definition) is 0. The van der Waals surface area contributed by atoms with Gasteiger partial charge in [-0.05, 0) is 23.9 Å². The fourth-order valence-electron chi connectivity index (χ4n) is 1.32. The van der Waals surface area contributed by atoms with Crippen molar-refractivity contribution in [2.75, 3.05) is 5.75 Å². The van der Waals surface area contributed by atoms with Crippen molar-refractivity contribution in [3.05, 3.63) is 54.0 Å². The van der Waals surface area contributed by atoms with Gasteiger partial charge >= 0.3 is 0 Å². The summed E-state index contributed by atoms with van der Waals surface area (Å²) in [4.78, 5) is 15.9. The minimum absolute atomic E-state index is 0.148. The van der Waals surface area contributed by atoms with Crippen molar-refractivity contribution in [2.45, 2.75) is 0 Å². The van der Waals surface area contributed by atoms with E-state index in [2.05, 4.69) is 11.6 Å². The normalized spacial score (nSPS) is 17.1. The van der Waals surface area contributed by atoms with Gasteiger partial charge in [0.05, 0.1) is 0 Å². The molecule has 1 aliphatic heterocycles. The van der Waals surface area contributed by atoms with Crippen molar-refractivity contribution >= 4 is 39.1 Å². The number of nitrogens with zero attached hydrogens (tertiary/aromatic N) is 1. The molecule has 2 nitrogen and oxygen atoms in total. The Morgan fingerprint density at radius 2 is 2.22 bits per heavy atom. The molecular weight excluding hydrogens is 269 g/mol. The molecule has 1 aromatic carbocycles. The van der Waals surface area contributed by atoms with Gasteiger partial charge in [-0.2, -0.15) is 0 Å². The quantitative estimate of drug-likeness (QED) is 0.624. The molecule has 0 fully saturated rings. The highest BCUT2D eigenvalue weighted by Gasteiger charge is 2.22. The first-order valence-corrected chi connectivity index (χ1v) is 7.01. The third-order valence-electron chi connectivity index (χ3n) is 2.12. The smallest absolute Gasteiger partial charge is 0.244 e. The predicted molar refractivity (Wildman–Crippen MR) is 77.1 cm³/mol. The predicted octanol–water partition coefficient (Wildman–Crippen LogP) is 3.72. The summed E-state index contributed by atoms with van der Waals surface area (Å²) in [5.41, 5.74) is 0.664. The Balaban J connectivity index is 2.23. The van der Waals surface area contributed by atoms with E-state index in [1.165, 1.54) is 23.9 Å². The number of carbonyl (C=O) groups excluding carboxylic acids is 1. The second kappa shape index (κ2) is 6.02. The van der Waals surface area contributed by atoms with Crippen molar-refractivity contribution in [3.8, 4) is 0 Å². The zero-order valence-corrected chi connectivity index (χ0v) is 11.1. The Hall–Kier alpha value is -1.33. The van der Waals surface area contributed by atoms with Crippen LogP contribution in [-0.4, -0.2) is 15.2 Å². The lowest BCUT2D eigenvalue weighted by Gasteiger charge is -1.95. The summed E-state index contributed by atoms with van der Waals surface area (Å²) in [5.74, 6) is 0.344. The summed E-state index contributed by atoms with van der Waals surface area (Å²) in [5, 5.41) is -0.148. The van der Waals surface area contributed by atoms with E-state index in [0.717, 1.165) is 11.8 Å². The topological polar surface area (TPSA) is 29.4 Å². The standard InChI is InChI=1S/C13H10FNOS2/c1-2-7-17-13-15-11(12(16)18-13)8-9-5-3-4-6-10(9)14/h2-6,8H,1,7H2/b11-8-. The van der Waals surface area contributed by atoms with Gasteiger partial charge in [0.15, 0.2) is 0 Å². The monoisotopic (exact) mass is 279 g/mol. The van der Waals surface area contributed by atoms with Gasteiger partial charge in [-0.15, -0.1) is 6.58 Å². The molecule has 1 heterocycles. The summed E-state index contributed by atoms with van der Waals surface area (Å²) in [6.45, 7) is 3.60. The van der Waals surface area contributed by atoms with Crippen molar-refractivity contribution in [1.29, 1.82) is 0 Å². The molecule has 0 aromatic heterocycles. The Labute approximate surface area is 113 Å². The van der Waals surface area contributed by atoms with Crippen molar-refractivity contribution < 1.29 is 9.18 Å². The first-order valence-electron chi connectivity index (χ1n) is 5.21. The minimum atomic E-state index is -0.356. The fraction of sp³-hybridized carbons (Fsp3) is 0.0769. The zero-order chi connectivity index (χ0) is 13.0. The zero-order valence-electron chi connectivity index (χ0n) is 9.43. The molecule has 0 spiro atoms. The second-order valence-electron chi connectivity index (χ2n) is 3.42. The molecule has 0 N–H and O–H groups in total. The Bertz CT molecular complexity index is 552. The molecule has 0 radical (unpaired) electrons. The van der Waals surface area contributed by atoms with E-state index in [-0.39, 0.29) is 16.6 Å². The Morgan fingerprint density at radius 1 is 1.44 bits per heavy atom. The van der Waals surface area contributed by atoms with Crippen LogP contribution in [0.4, 0.5) is 4.39 Å². The summed E-state index contributed by atoms with van der Waals surface area (Å²) in [6.07, 6.45) is 3.23. The van der Waals surface area contributed by atoms with Crippen molar-refractivity contribution in [2.24, 2.45) is 4.99 Å².